The van der Waals surface area contributed by atoms with Crippen LogP contribution in [0, 0.1) is 0 Å². The number of halogens is 2. The molecule has 0 saturated heterocycles. The predicted octanol–water partition coefficient (Wildman–Crippen LogP) is 1.58. The third-order valence-electron chi connectivity index (χ3n) is 0.739. The molecule has 0 unspecified atom stereocenters. The normalized spacial score (nSPS) is 9.56. The molecule has 1 aromatic heterocycles. The molecule has 2 N–H and O–H groups in total. The standard InChI is InChI=1S/C4H3Br2N3/c5-3-2(7)1-8-4(6)9-3/h1H,7H2. The Labute approximate surface area is 68.9 Å². The maximum atomic E-state index is 5.40. The van der Waals surface area contributed by atoms with Crippen molar-refractivity contribution in [1.82, 2.24) is 9.97 Å². The molecule has 0 radical (unpaired) electrons. The van der Waals surface area contributed by atoms with Crippen molar-refractivity contribution in [2.24, 2.45) is 0 Å². The molecule has 0 spiro atoms. The summed E-state index contributed by atoms with van der Waals surface area (Å²) in [6.07, 6.45) is 1.53. The van der Waals surface area contributed by atoms with Gasteiger partial charge in [-0.2, -0.15) is 0 Å². The summed E-state index contributed by atoms with van der Waals surface area (Å²) in [4.78, 5) is 7.66. The Morgan fingerprint density at radius 1 is 1.44 bits per heavy atom. The topological polar surface area (TPSA) is 51.8 Å². The van der Waals surface area contributed by atoms with Crippen LogP contribution in [0.2, 0.25) is 0 Å². The van der Waals surface area contributed by atoms with Crippen LogP contribution < -0.4 is 5.73 Å². The molecule has 0 bridgehead atoms. The van der Waals surface area contributed by atoms with Crippen LogP contribution in [0.15, 0.2) is 15.5 Å². The van der Waals surface area contributed by atoms with Gasteiger partial charge < -0.3 is 5.73 Å². The summed E-state index contributed by atoms with van der Waals surface area (Å²) in [5.41, 5.74) is 5.94. The van der Waals surface area contributed by atoms with Crippen LogP contribution in [0.25, 0.3) is 0 Å². The summed E-state index contributed by atoms with van der Waals surface area (Å²) in [7, 11) is 0. The fourth-order valence-electron chi connectivity index (χ4n) is 0.350. The minimum atomic E-state index is 0.531. The summed E-state index contributed by atoms with van der Waals surface area (Å²) < 4.78 is 1.15. The molecule has 5 heteroatoms. The number of hydrogen-bond donors (Lipinski definition) is 1. The van der Waals surface area contributed by atoms with Crippen molar-refractivity contribution in [3.05, 3.63) is 15.5 Å². The van der Waals surface area contributed by atoms with Crippen LogP contribution in [-0.4, -0.2) is 9.97 Å². The average molecular weight is 253 g/mol. The van der Waals surface area contributed by atoms with Gasteiger partial charge in [0, 0.05) is 0 Å². The van der Waals surface area contributed by atoms with Crippen molar-refractivity contribution >= 4 is 37.5 Å². The smallest absolute Gasteiger partial charge is 0.197 e. The highest BCUT2D eigenvalue weighted by Crippen LogP contribution is 2.15. The Hall–Kier alpha value is -0.160. The van der Waals surface area contributed by atoms with E-state index in [4.69, 9.17) is 5.73 Å². The average Bonchev–Trinajstić information content (AvgIpc) is 1.80. The van der Waals surface area contributed by atoms with Gasteiger partial charge in [0.2, 0.25) is 0 Å². The van der Waals surface area contributed by atoms with E-state index in [1.54, 1.807) is 0 Å². The van der Waals surface area contributed by atoms with Crippen LogP contribution in [0.5, 0.6) is 0 Å². The van der Waals surface area contributed by atoms with Crippen LogP contribution in [0.4, 0.5) is 5.69 Å². The number of nitrogen functional groups attached to an aromatic ring is 1. The molecule has 1 heterocycles. The first-order valence-corrected chi connectivity index (χ1v) is 3.72. The summed E-state index contributed by atoms with van der Waals surface area (Å²) in [6, 6.07) is 0. The summed E-state index contributed by atoms with van der Waals surface area (Å²) >= 11 is 6.23. The molecule has 1 aromatic rings. The van der Waals surface area contributed by atoms with Gasteiger partial charge in [0.1, 0.15) is 4.60 Å². The van der Waals surface area contributed by atoms with Gasteiger partial charge in [0.15, 0.2) is 4.73 Å². The fourth-order valence-corrected chi connectivity index (χ4v) is 1.14. The number of aromatic nitrogens is 2. The Morgan fingerprint density at radius 2 is 2.11 bits per heavy atom. The number of nitrogens with two attached hydrogens (primary N) is 1. The van der Waals surface area contributed by atoms with Gasteiger partial charge in [-0.25, -0.2) is 9.97 Å². The number of anilines is 1. The van der Waals surface area contributed by atoms with Gasteiger partial charge in [0.05, 0.1) is 11.9 Å². The zero-order chi connectivity index (χ0) is 6.85. The number of hydrogen-bond acceptors (Lipinski definition) is 3. The largest absolute Gasteiger partial charge is 0.395 e. The molecule has 0 atom stereocenters. The van der Waals surface area contributed by atoms with Crippen molar-refractivity contribution in [1.29, 1.82) is 0 Å². The van der Waals surface area contributed by atoms with Crippen LogP contribution in [0.1, 0.15) is 0 Å². The molecule has 0 aliphatic rings. The maximum absolute atomic E-state index is 5.40. The van der Waals surface area contributed by atoms with E-state index in [9.17, 15) is 0 Å². The molecule has 3 nitrogen and oxygen atoms in total. The Bertz CT molecular complexity index is 225. The number of nitrogens with zero attached hydrogens (tertiary/aromatic N) is 2. The SMILES string of the molecule is Nc1cnc(Br)nc1Br. The maximum Gasteiger partial charge on any atom is 0.197 e. The highest BCUT2D eigenvalue weighted by Gasteiger charge is 1.95. The van der Waals surface area contributed by atoms with Crippen molar-refractivity contribution in [3.8, 4) is 0 Å². The van der Waals surface area contributed by atoms with Crippen molar-refractivity contribution in [2.45, 2.75) is 0 Å². The van der Waals surface area contributed by atoms with Gasteiger partial charge in [-0.1, -0.05) is 0 Å². The lowest BCUT2D eigenvalue weighted by atomic mass is 10.6. The molecule has 0 aliphatic carbocycles. The zero-order valence-electron chi connectivity index (χ0n) is 4.31. The number of rotatable bonds is 0. The molecule has 0 aliphatic heterocycles. The molecular weight excluding hydrogens is 250 g/mol. The molecule has 0 fully saturated rings. The van der Waals surface area contributed by atoms with E-state index in [0.717, 1.165) is 0 Å². The van der Waals surface area contributed by atoms with E-state index in [0.29, 0.717) is 15.0 Å². The molecule has 0 saturated carbocycles. The molecule has 1 rings (SSSR count). The zero-order valence-corrected chi connectivity index (χ0v) is 7.48. The summed E-state index contributed by atoms with van der Waals surface area (Å²) in [5.74, 6) is 0. The Balaban J connectivity index is 3.17. The predicted molar refractivity (Wildman–Crippen MR) is 41.8 cm³/mol. The van der Waals surface area contributed by atoms with Gasteiger partial charge in [-0.15, -0.1) is 0 Å². The third-order valence-corrected chi connectivity index (χ3v) is 1.76. The first-order chi connectivity index (χ1) is 4.20. The summed E-state index contributed by atoms with van der Waals surface area (Å²) in [6.45, 7) is 0. The van der Waals surface area contributed by atoms with Crippen molar-refractivity contribution in [2.75, 3.05) is 5.73 Å². The lowest BCUT2D eigenvalue weighted by molar-refractivity contribution is 1.09. The first-order valence-electron chi connectivity index (χ1n) is 2.13. The van der Waals surface area contributed by atoms with Gasteiger partial charge in [-0.05, 0) is 31.9 Å². The molecule has 0 aromatic carbocycles. The van der Waals surface area contributed by atoms with E-state index in [1.165, 1.54) is 6.20 Å². The van der Waals surface area contributed by atoms with E-state index < -0.39 is 0 Å². The van der Waals surface area contributed by atoms with Gasteiger partial charge in [0.25, 0.3) is 0 Å². The lowest BCUT2D eigenvalue weighted by Gasteiger charge is -1.93. The van der Waals surface area contributed by atoms with Crippen molar-refractivity contribution in [3.63, 3.8) is 0 Å². The van der Waals surface area contributed by atoms with E-state index >= 15 is 0 Å². The van der Waals surface area contributed by atoms with Crippen LogP contribution in [-0.2, 0) is 0 Å². The highest BCUT2D eigenvalue weighted by atomic mass is 79.9. The molecule has 9 heavy (non-hydrogen) atoms. The first kappa shape index (κ1) is 6.95. The quantitative estimate of drug-likeness (QED) is 0.564. The molecular formula is C4H3Br2N3. The lowest BCUT2D eigenvalue weighted by Crippen LogP contribution is -1.91. The summed E-state index contributed by atoms with van der Waals surface area (Å²) in [5, 5.41) is 0. The minimum absolute atomic E-state index is 0.531. The second-order valence-corrected chi connectivity index (χ2v) is 2.85. The van der Waals surface area contributed by atoms with Crippen molar-refractivity contribution < 1.29 is 0 Å². The van der Waals surface area contributed by atoms with E-state index in [-0.39, 0.29) is 0 Å². The minimum Gasteiger partial charge on any atom is -0.395 e. The van der Waals surface area contributed by atoms with E-state index in [1.807, 2.05) is 0 Å². The van der Waals surface area contributed by atoms with Crippen LogP contribution >= 0.6 is 31.9 Å². The van der Waals surface area contributed by atoms with E-state index in [2.05, 4.69) is 41.8 Å². The fraction of sp³-hybridized carbons (Fsp3) is 0. The Kier molecular flexibility index (Phi) is 2.02. The van der Waals surface area contributed by atoms with Crippen LogP contribution in [0.3, 0.4) is 0 Å². The van der Waals surface area contributed by atoms with Gasteiger partial charge >= 0.3 is 0 Å². The van der Waals surface area contributed by atoms with Gasteiger partial charge in [-0.3, -0.25) is 0 Å². The monoisotopic (exact) mass is 251 g/mol. The highest BCUT2D eigenvalue weighted by molar-refractivity contribution is 9.11. The third kappa shape index (κ3) is 1.62. The molecule has 0 amide bonds. The Morgan fingerprint density at radius 3 is 2.56 bits per heavy atom. The molecule has 48 valence electrons. The second kappa shape index (κ2) is 2.62. The second-order valence-electron chi connectivity index (χ2n) is 1.39.